The first-order valence-electron chi connectivity index (χ1n) is 4.05. The van der Waals surface area contributed by atoms with Gasteiger partial charge in [0.2, 0.25) is 0 Å². The van der Waals surface area contributed by atoms with E-state index < -0.39 is 0 Å². The molecule has 0 heterocycles. The second-order valence-corrected chi connectivity index (χ2v) is 3.17. The summed E-state index contributed by atoms with van der Waals surface area (Å²) in [4.78, 5) is 0. The van der Waals surface area contributed by atoms with E-state index in [1.54, 1.807) is 0 Å². The van der Waals surface area contributed by atoms with Crippen LogP contribution in [0.15, 0.2) is 0 Å². The predicted molar refractivity (Wildman–Crippen MR) is 44.9 cm³/mol. The van der Waals surface area contributed by atoms with Crippen LogP contribution in [-0.4, -0.2) is 12.2 Å². The molecule has 62 valence electrons. The molecule has 0 saturated carbocycles. The van der Waals surface area contributed by atoms with Gasteiger partial charge in [-0.1, -0.05) is 13.3 Å². The Morgan fingerprint density at radius 1 is 1.36 bits per heavy atom. The van der Waals surface area contributed by atoms with Crippen LogP contribution >= 0.6 is 0 Å². The second kappa shape index (κ2) is 7.22. The van der Waals surface area contributed by atoms with Gasteiger partial charge >= 0.3 is 18.9 Å². The maximum absolute atomic E-state index is 5.58. The van der Waals surface area contributed by atoms with Gasteiger partial charge in [-0.3, -0.25) is 0 Å². The zero-order valence-electron chi connectivity index (χ0n) is 8.44. The number of ether oxygens (including phenoxy) is 1. The van der Waals surface area contributed by atoms with Crippen LogP contribution in [0.1, 0.15) is 40.0 Å². The van der Waals surface area contributed by atoms with Crippen LogP contribution in [0.5, 0.6) is 0 Å². The summed E-state index contributed by atoms with van der Waals surface area (Å²) in [5.41, 5.74) is 0.0647. The number of hydrogen-bond donors (Lipinski definition) is 0. The van der Waals surface area contributed by atoms with E-state index in [9.17, 15) is 0 Å². The predicted octanol–water partition coefficient (Wildman–Crippen LogP) is -0.190. The van der Waals surface area contributed by atoms with Crippen LogP contribution < -0.4 is 18.9 Å². The largest absolute Gasteiger partial charge is 1.00 e. The Hall–Kier alpha value is 0.557. The zero-order valence-corrected chi connectivity index (χ0v) is 8.44. The van der Waals surface area contributed by atoms with E-state index in [0.717, 1.165) is 25.9 Å². The molecule has 1 nitrogen and oxygen atoms in total. The average molecular weight is 150 g/mol. The summed E-state index contributed by atoms with van der Waals surface area (Å²) in [7, 11) is 0. The van der Waals surface area contributed by atoms with Gasteiger partial charge in [0.05, 0.1) is 5.60 Å². The zero-order chi connectivity index (χ0) is 8.04. The third kappa shape index (κ3) is 8.46. The molecule has 0 aliphatic rings. The maximum atomic E-state index is 5.58. The maximum Gasteiger partial charge on any atom is 1.00 e. The molecule has 0 unspecified atom stereocenters. The SMILES string of the molecule is [CH2-]CCCOC(C)(C)CC.[Li+]. The van der Waals surface area contributed by atoms with Crippen molar-refractivity contribution >= 4 is 0 Å². The third-order valence-electron chi connectivity index (χ3n) is 1.74. The van der Waals surface area contributed by atoms with Gasteiger partial charge in [0.15, 0.2) is 0 Å². The van der Waals surface area contributed by atoms with Crippen molar-refractivity contribution < 1.29 is 23.6 Å². The Morgan fingerprint density at radius 2 is 1.91 bits per heavy atom. The summed E-state index contributed by atoms with van der Waals surface area (Å²) < 4.78 is 5.58. The topological polar surface area (TPSA) is 9.23 Å². The first kappa shape index (κ1) is 14.1. The smallest absolute Gasteiger partial charge is 0.376 e. The van der Waals surface area contributed by atoms with Gasteiger partial charge in [-0.2, -0.15) is 6.42 Å². The molecule has 0 aromatic heterocycles. The van der Waals surface area contributed by atoms with Gasteiger partial charge in [-0.25, -0.2) is 0 Å². The van der Waals surface area contributed by atoms with Crippen molar-refractivity contribution in [3.8, 4) is 0 Å². The van der Waals surface area contributed by atoms with E-state index >= 15 is 0 Å². The summed E-state index contributed by atoms with van der Waals surface area (Å²) in [5, 5.41) is 0. The summed E-state index contributed by atoms with van der Waals surface area (Å²) >= 11 is 0. The molecule has 0 radical (unpaired) electrons. The van der Waals surface area contributed by atoms with Gasteiger partial charge in [0.25, 0.3) is 0 Å². The molecule has 0 saturated heterocycles. The minimum atomic E-state index is 0. The fraction of sp³-hybridized carbons (Fsp3) is 0.889. The first-order valence-corrected chi connectivity index (χ1v) is 4.05. The molecule has 2 heteroatoms. The fourth-order valence-corrected chi connectivity index (χ4v) is 0.553. The molecule has 0 N–H and O–H groups in total. The molecule has 0 rings (SSSR count). The molecular weight excluding hydrogens is 131 g/mol. The van der Waals surface area contributed by atoms with Gasteiger partial charge in [-0.05, 0) is 20.3 Å². The van der Waals surface area contributed by atoms with Crippen molar-refractivity contribution in [2.75, 3.05) is 6.61 Å². The van der Waals surface area contributed by atoms with Gasteiger partial charge in [0.1, 0.15) is 0 Å². The molecular formula is C9H19LiO. The second-order valence-electron chi connectivity index (χ2n) is 3.17. The van der Waals surface area contributed by atoms with Gasteiger partial charge in [0, 0.05) is 6.61 Å². The van der Waals surface area contributed by atoms with Crippen LogP contribution in [0.2, 0.25) is 0 Å². The Labute approximate surface area is 83.1 Å². The third-order valence-corrected chi connectivity index (χ3v) is 1.74. The normalized spacial score (nSPS) is 10.9. The minimum Gasteiger partial charge on any atom is -0.376 e. The van der Waals surface area contributed by atoms with Gasteiger partial charge in [-0.15, -0.1) is 0 Å². The Morgan fingerprint density at radius 3 is 2.27 bits per heavy atom. The van der Waals surface area contributed by atoms with Crippen molar-refractivity contribution in [3.05, 3.63) is 6.92 Å². The van der Waals surface area contributed by atoms with E-state index in [0.29, 0.717) is 0 Å². The van der Waals surface area contributed by atoms with E-state index in [2.05, 4.69) is 27.7 Å². The molecule has 0 aliphatic carbocycles. The van der Waals surface area contributed by atoms with E-state index in [1.807, 2.05) is 0 Å². The summed E-state index contributed by atoms with van der Waals surface area (Å²) in [5.74, 6) is 0. The molecule has 0 spiro atoms. The van der Waals surface area contributed by atoms with E-state index in [-0.39, 0.29) is 24.5 Å². The number of rotatable bonds is 5. The van der Waals surface area contributed by atoms with Crippen molar-refractivity contribution in [2.45, 2.75) is 45.6 Å². The quantitative estimate of drug-likeness (QED) is 0.300. The fourth-order valence-electron chi connectivity index (χ4n) is 0.553. The van der Waals surface area contributed by atoms with Crippen molar-refractivity contribution in [3.63, 3.8) is 0 Å². The van der Waals surface area contributed by atoms with Gasteiger partial charge < -0.3 is 11.7 Å². The summed E-state index contributed by atoms with van der Waals surface area (Å²) in [6.07, 6.45) is 3.12. The standard InChI is InChI=1S/C9H19O.Li/c1-5-7-8-10-9(3,4)6-2;/h1,5-8H2,2-4H3;/q-1;+1. The molecule has 0 aromatic rings. The molecule has 0 bridgehead atoms. The molecule has 0 atom stereocenters. The Kier molecular flexibility index (Phi) is 9.26. The van der Waals surface area contributed by atoms with E-state index in [4.69, 9.17) is 4.74 Å². The van der Waals surface area contributed by atoms with Crippen LogP contribution in [0.4, 0.5) is 0 Å². The number of unbranched alkanes of at least 4 members (excludes halogenated alkanes) is 1. The van der Waals surface area contributed by atoms with Crippen LogP contribution in [0, 0.1) is 6.92 Å². The summed E-state index contributed by atoms with van der Waals surface area (Å²) in [6.45, 7) is 11.0. The van der Waals surface area contributed by atoms with Crippen molar-refractivity contribution in [1.82, 2.24) is 0 Å². The van der Waals surface area contributed by atoms with Crippen molar-refractivity contribution in [2.24, 2.45) is 0 Å². The van der Waals surface area contributed by atoms with Crippen LogP contribution in [-0.2, 0) is 4.74 Å². The molecule has 0 amide bonds. The molecule has 0 aliphatic heterocycles. The van der Waals surface area contributed by atoms with Crippen LogP contribution in [0.25, 0.3) is 0 Å². The molecule has 0 aromatic carbocycles. The monoisotopic (exact) mass is 150 g/mol. The van der Waals surface area contributed by atoms with Crippen molar-refractivity contribution in [1.29, 1.82) is 0 Å². The average Bonchev–Trinajstić information content (AvgIpc) is 1.89. The van der Waals surface area contributed by atoms with E-state index in [1.165, 1.54) is 0 Å². The minimum absolute atomic E-state index is 0. The Balaban J connectivity index is 0. The van der Waals surface area contributed by atoms with Crippen LogP contribution in [0.3, 0.4) is 0 Å². The Bertz CT molecular complexity index is 81.6. The molecule has 11 heavy (non-hydrogen) atoms. The first-order chi connectivity index (χ1) is 4.62. The molecule has 0 fully saturated rings. The summed E-state index contributed by atoms with van der Waals surface area (Å²) in [6, 6.07) is 0. The number of hydrogen-bond acceptors (Lipinski definition) is 1.